The third-order valence-corrected chi connectivity index (χ3v) is 1.35. The molecule has 1 aromatic heterocycles. The topological polar surface area (TPSA) is 54.0 Å². The monoisotopic (exact) mass is 149 g/mol. The van der Waals surface area contributed by atoms with Gasteiger partial charge in [-0.05, 0) is 18.6 Å². The van der Waals surface area contributed by atoms with Gasteiger partial charge in [0.25, 0.3) is 0 Å². The van der Waals surface area contributed by atoms with Crippen molar-refractivity contribution in [3.05, 3.63) is 23.7 Å². The number of nitrogens with zero attached hydrogens (tertiary/aromatic N) is 1. The van der Waals surface area contributed by atoms with Crippen molar-refractivity contribution in [3.8, 4) is 6.07 Å². The standard InChI is InChI=1S/C8H7NO2/c1-6-3-5-11-8(6)7(10)2-4-9/h3,5H,2H2,1H3. The lowest BCUT2D eigenvalue weighted by Gasteiger charge is -1.90. The molecule has 0 N–H and O–H groups in total. The van der Waals surface area contributed by atoms with E-state index in [0.717, 1.165) is 5.56 Å². The molecular weight excluding hydrogens is 142 g/mol. The molecule has 0 atom stereocenters. The molecule has 56 valence electrons. The second-order valence-corrected chi connectivity index (χ2v) is 2.19. The fourth-order valence-corrected chi connectivity index (χ4v) is 0.810. The third-order valence-electron chi connectivity index (χ3n) is 1.35. The summed E-state index contributed by atoms with van der Waals surface area (Å²) < 4.78 is 4.88. The summed E-state index contributed by atoms with van der Waals surface area (Å²) in [4.78, 5) is 11.0. The SMILES string of the molecule is Cc1ccoc1C(=O)CC#N. The number of hydrogen-bond donors (Lipinski definition) is 0. The molecule has 0 saturated heterocycles. The summed E-state index contributed by atoms with van der Waals surface area (Å²) in [5, 5.41) is 8.21. The molecule has 3 heteroatoms. The van der Waals surface area contributed by atoms with Crippen LogP contribution in [0.1, 0.15) is 22.5 Å². The van der Waals surface area contributed by atoms with Crippen LogP contribution >= 0.6 is 0 Å². The van der Waals surface area contributed by atoms with E-state index in [1.165, 1.54) is 6.26 Å². The van der Waals surface area contributed by atoms with Crippen LogP contribution in [0.5, 0.6) is 0 Å². The maximum Gasteiger partial charge on any atom is 0.212 e. The highest BCUT2D eigenvalue weighted by Gasteiger charge is 2.10. The second kappa shape index (κ2) is 3.02. The molecule has 0 spiro atoms. The predicted octanol–water partition coefficient (Wildman–Crippen LogP) is 1.68. The molecule has 0 radical (unpaired) electrons. The van der Waals surface area contributed by atoms with Crippen LogP contribution in [0.4, 0.5) is 0 Å². The van der Waals surface area contributed by atoms with Gasteiger partial charge in [0.1, 0.15) is 6.42 Å². The van der Waals surface area contributed by atoms with E-state index >= 15 is 0 Å². The van der Waals surface area contributed by atoms with Crippen LogP contribution < -0.4 is 0 Å². The first-order valence-electron chi connectivity index (χ1n) is 3.20. The molecule has 0 unspecified atom stereocenters. The highest BCUT2D eigenvalue weighted by molar-refractivity contribution is 5.95. The molecule has 0 saturated carbocycles. The van der Waals surface area contributed by atoms with Crippen molar-refractivity contribution in [2.45, 2.75) is 13.3 Å². The van der Waals surface area contributed by atoms with Gasteiger partial charge in [-0.3, -0.25) is 4.79 Å². The van der Waals surface area contributed by atoms with Crippen LogP contribution in [0.3, 0.4) is 0 Å². The van der Waals surface area contributed by atoms with Crippen LogP contribution in [-0.2, 0) is 0 Å². The van der Waals surface area contributed by atoms with Gasteiger partial charge in [0.15, 0.2) is 5.76 Å². The number of hydrogen-bond acceptors (Lipinski definition) is 3. The quantitative estimate of drug-likeness (QED) is 0.601. The van der Waals surface area contributed by atoms with E-state index in [-0.39, 0.29) is 12.2 Å². The number of carbonyl (C=O) groups is 1. The molecule has 1 aromatic rings. The first kappa shape index (κ1) is 7.55. The number of furan rings is 1. The van der Waals surface area contributed by atoms with Gasteiger partial charge in [-0.2, -0.15) is 5.26 Å². The van der Waals surface area contributed by atoms with E-state index < -0.39 is 0 Å². The van der Waals surface area contributed by atoms with Gasteiger partial charge >= 0.3 is 0 Å². The van der Waals surface area contributed by atoms with E-state index in [1.807, 2.05) is 0 Å². The Labute approximate surface area is 64.2 Å². The lowest BCUT2D eigenvalue weighted by molar-refractivity contribution is 0.0970. The number of Topliss-reactive ketones (excluding diaryl/α,β-unsaturated/α-hetero) is 1. The number of rotatable bonds is 2. The lowest BCUT2D eigenvalue weighted by Crippen LogP contribution is -1.96. The minimum atomic E-state index is -0.255. The summed E-state index contributed by atoms with van der Waals surface area (Å²) >= 11 is 0. The minimum absolute atomic E-state index is 0.117. The average Bonchev–Trinajstić information content (AvgIpc) is 2.36. The van der Waals surface area contributed by atoms with Crippen molar-refractivity contribution in [1.82, 2.24) is 0 Å². The highest BCUT2D eigenvalue weighted by Crippen LogP contribution is 2.10. The van der Waals surface area contributed by atoms with E-state index in [4.69, 9.17) is 9.68 Å². The van der Waals surface area contributed by atoms with Gasteiger partial charge < -0.3 is 4.42 Å². The molecule has 11 heavy (non-hydrogen) atoms. The van der Waals surface area contributed by atoms with Crippen molar-refractivity contribution in [2.24, 2.45) is 0 Å². The van der Waals surface area contributed by atoms with Crippen molar-refractivity contribution in [1.29, 1.82) is 5.26 Å². The van der Waals surface area contributed by atoms with Crippen LogP contribution in [0.2, 0.25) is 0 Å². The summed E-state index contributed by atoms with van der Waals surface area (Å²) in [5.41, 5.74) is 0.783. The molecule has 3 nitrogen and oxygen atoms in total. The number of carbonyl (C=O) groups excluding carboxylic acids is 1. The van der Waals surface area contributed by atoms with Gasteiger partial charge in [0.2, 0.25) is 5.78 Å². The summed E-state index contributed by atoms with van der Waals surface area (Å²) in [7, 11) is 0. The summed E-state index contributed by atoms with van der Waals surface area (Å²) in [5.74, 6) is 0.0431. The average molecular weight is 149 g/mol. The maximum absolute atomic E-state index is 11.0. The highest BCUT2D eigenvalue weighted by atomic mass is 16.3. The fraction of sp³-hybridized carbons (Fsp3) is 0.250. The molecule has 1 rings (SSSR count). The molecule has 0 aliphatic rings. The summed E-state index contributed by atoms with van der Waals surface area (Å²) in [6.45, 7) is 1.77. The van der Waals surface area contributed by atoms with Gasteiger partial charge in [-0.1, -0.05) is 0 Å². The normalized spacial score (nSPS) is 9.09. The van der Waals surface area contributed by atoms with Crippen LogP contribution in [-0.4, -0.2) is 5.78 Å². The third kappa shape index (κ3) is 1.47. The largest absolute Gasteiger partial charge is 0.461 e. The first-order chi connectivity index (χ1) is 5.25. The van der Waals surface area contributed by atoms with Crippen molar-refractivity contribution < 1.29 is 9.21 Å². The number of aryl methyl sites for hydroxylation is 1. The fourth-order valence-electron chi connectivity index (χ4n) is 0.810. The number of ketones is 1. The Hall–Kier alpha value is -1.56. The van der Waals surface area contributed by atoms with Gasteiger partial charge in [-0.25, -0.2) is 0 Å². The van der Waals surface area contributed by atoms with Crippen molar-refractivity contribution in [3.63, 3.8) is 0 Å². The van der Waals surface area contributed by atoms with Crippen LogP contribution in [0, 0.1) is 18.3 Å². The van der Waals surface area contributed by atoms with Crippen LogP contribution in [0.15, 0.2) is 16.7 Å². The molecule has 1 heterocycles. The van der Waals surface area contributed by atoms with E-state index in [2.05, 4.69) is 0 Å². The Bertz CT molecular complexity index is 306. The molecular formula is C8H7NO2. The molecule has 0 aliphatic carbocycles. The Morgan fingerprint density at radius 3 is 3.00 bits per heavy atom. The zero-order chi connectivity index (χ0) is 8.27. The van der Waals surface area contributed by atoms with E-state index in [9.17, 15) is 4.79 Å². The van der Waals surface area contributed by atoms with Crippen molar-refractivity contribution in [2.75, 3.05) is 0 Å². The molecule has 0 aromatic carbocycles. The molecule has 0 fully saturated rings. The van der Waals surface area contributed by atoms with E-state index in [0.29, 0.717) is 5.76 Å². The zero-order valence-electron chi connectivity index (χ0n) is 6.13. The smallest absolute Gasteiger partial charge is 0.212 e. The Balaban J connectivity index is 2.86. The number of nitriles is 1. The Morgan fingerprint density at radius 2 is 2.55 bits per heavy atom. The lowest BCUT2D eigenvalue weighted by atomic mass is 10.2. The second-order valence-electron chi connectivity index (χ2n) is 2.19. The summed E-state index contributed by atoms with van der Waals surface area (Å²) in [6.07, 6.45) is 1.33. The summed E-state index contributed by atoms with van der Waals surface area (Å²) in [6, 6.07) is 3.47. The molecule has 0 aliphatic heterocycles. The van der Waals surface area contributed by atoms with Gasteiger partial charge in [0, 0.05) is 0 Å². The Morgan fingerprint density at radius 1 is 1.82 bits per heavy atom. The van der Waals surface area contributed by atoms with E-state index in [1.54, 1.807) is 19.1 Å². The van der Waals surface area contributed by atoms with Gasteiger partial charge in [0.05, 0.1) is 12.3 Å². The zero-order valence-corrected chi connectivity index (χ0v) is 6.13. The Kier molecular flexibility index (Phi) is 2.07. The predicted molar refractivity (Wildman–Crippen MR) is 38.0 cm³/mol. The minimum Gasteiger partial charge on any atom is -0.461 e. The molecule has 0 bridgehead atoms. The molecule has 0 amide bonds. The van der Waals surface area contributed by atoms with Crippen LogP contribution in [0.25, 0.3) is 0 Å². The first-order valence-corrected chi connectivity index (χ1v) is 3.20. The van der Waals surface area contributed by atoms with Crippen molar-refractivity contribution >= 4 is 5.78 Å². The van der Waals surface area contributed by atoms with Gasteiger partial charge in [-0.15, -0.1) is 0 Å². The maximum atomic E-state index is 11.0.